The van der Waals surface area contributed by atoms with E-state index in [-0.39, 0.29) is 11.6 Å². The molecular formula is C17H14N4O3. The van der Waals surface area contributed by atoms with Gasteiger partial charge < -0.3 is 15.6 Å². The van der Waals surface area contributed by atoms with Gasteiger partial charge in [0.05, 0.1) is 18.8 Å². The predicted octanol–water partition coefficient (Wildman–Crippen LogP) is 1.77. The summed E-state index contributed by atoms with van der Waals surface area (Å²) >= 11 is 0. The number of primary amides is 1. The Hall–Kier alpha value is -3.19. The third-order valence-corrected chi connectivity index (χ3v) is 3.97. The van der Waals surface area contributed by atoms with E-state index in [0.29, 0.717) is 30.2 Å². The molecule has 1 aliphatic rings. The van der Waals surface area contributed by atoms with Crippen LogP contribution in [-0.2, 0) is 18.0 Å². The first-order valence-corrected chi connectivity index (χ1v) is 7.38. The van der Waals surface area contributed by atoms with Crippen molar-refractivity contribution < 1.29 is 14.6 Å². The van der Waals surface area contributed by atoms with Crippen molar-refractivity contribution in [2.75, 3.05) is 0 Å². The van der Waals surface area contributed by atoms with Gasteiger partial charge in [-0.1, -0.05) is 18.2 Å². The van der Waals surface area contributed by atoms with E-state index >= 15 is 0 Å². The van der Waals surface area contributed by atoms with E-state index in [2.05, 4.69) is 10.1 Å². The fraction of sp³-hybridized carbons (Fsp3) is 0.118. The molecule has 0 spiro atoms. The van der Waals surface area contributed by atoms with Gasteiger partial charge in [0.15, 0.2) is 11.5 Å². The average molecular weight is 322 g/mol. The minimum atomic E-state index is -0.716. The Labute approximate surface area is 137 Å². The number of amides is 1. The normalized spacial score (nSPS) is 13.0. The number of hydrogen-bond acceptors (Lipinski definition) is 5. The first-order valence-electron chi connectivity index (χ1n) is 7.38. The molecule has 1 aromatic carbocycles. The number of fused-ring (bicyclic) bond motifs is 1. The molecule has 7 nitrogen and oxygen atoms in total. The third kappa shape index (κ3) is 2.22. The van der Waals surface area contributed by atoms with Crippen molar-refractivity contribution in [1.82, 2.24) is 14.8 Å². The first-order chi connectivity index (χ1) is 11.6. The lowest BCUT2D eigenvalue weighted by Gasteiger charge is -2.05. The highest BCUT2D eigenvalue weighted by molar-refractivity contribution is 5.99. The number of benzene rings is 1. The summed E-state index contributed by atoms with van der Waals surface area (Å²) in [5, 5.41) is 14.8. The fourth-order valence-electron chi connectivity index (χ4n) is 2.81. The topological polar surface area (TPSA) is 103 Å². The van der Waals surface area contributed by atoms with Gasteiger partial charge in [-0.3, -0.25) is 4.79 Å². The van der Waals surface area contributed by atoms with Crippen molar-refractivity contribution >= 4 is 5.91 Å². The van der Waals surface area contributed by atoms with Crippen LogP contribution < -0.4 is 5.73 Å². The lowest BCUT2D eigenvalue weighted by molar-refractivity contribution is 0.0995. The van der Waals surface area contributed by atoms with Gasteiger partial charge in [-0.05, 0) is 34.9 Å². The SMILES string of the molecule is NC(=O)c1nn(-c2ccccn2)c(O)c1-c1ccc2c(c1)COC2. The maximum atomic E-state index is 11.8. The highest BCUT2D eigenvalue weighted by Crippen LogP contribution is 2.36. The molecule has 120 valence electrons. The van der Waals surface area contributed by atoms with Crippen LogP contribution in [0.4, 0.5) is 0 Å². The van der Waals surface area contributed by atoms with Gasteiger partial charge >= 0.3 is 0 Å². The maximum absolute atomic E-state index is 11.8. The van der Waals surface area contributed by atoms with E-state index in [1.807, 2.05) is 18.2 Å². The summed E-state index contributed by atoms with van der Waals surface area (Å²) in [6.07, 6.45) is 1.58. The number of carbonyl (C=O) groups is 1. The highest BCUT2D eigenvalue weighted by Gasteiger charge is 2.25. The van der Waals surface area contributed by atoms with Crippen LogP contribution in [0.15, 0.2) is 42.6 Å². The molecule has 3 N–H and O–H groups in total. The molecule has 1 amide bonds. The summed E-state index contributed by atoms with van der Waals surface area (Å²) in [5.74, 6) is -0.499. The Bertz CT molecular complexity index is 935. The van der Waals surface area contributed by atoms with E-state index in [1.165, 1.54) is 4.68 Å². The molecule has 0 aliphatic carbocycles. The van der Waals surface area contributed by atoms with Gasteiger partial charge in [0, 0.05) is 6.20 Å². The molecule has 2 aromatic heterocycles. The fourth-order valence-corrected chi connectivity index (χ4v) is 2.81. The second kappa shape index (κ2) is 5.47. The molecule has 3 aromatic rings. The molecule has 3 heterocycles. The van der Waals surface area contributed by atoms with Crippen LogP contribution >= 0.6 is 0 Å². The number of pyridine rings is 1. The van der Waals surface area contributed by atoms with E-state index < -0.39 is 5.91 Å². The Morgan fingerprint density at radius 3 is 2.79 bits per heavy atom. The summed E-state index contributed by atoms with van der Waals surface area (Å²) in [5.41, 5.74) is 8.52. The quantitative estimate of drug-likeness (QED) is 0.765. The van der Waals surface area contributed by atoms with E-state index in [9.17, 15) is 9.90 Å². The standard InChI is InChI=1S/C17H14N4O3/c18-16(22)15-14(10-4-5-11-8-24-9-12(11)7-10)17(23)21(20-15)13-3-1-2-6-19-13/h1-7,23H,8-9H2,(H2,18,22). The van der Waals surface area contributed by atoms with Gasteiger partial charge in [-0.25, -0.2) is 4.98 Å². The Kier molecular flexibility index (Phi) is 3.28. The van der Waals surface area contributed by atoms with Crippen LogP contribution in [0.5, 0.6) is 5.88 Å². The number of nitrogens with two attached hydrogens (primary N) is 1. The van der Waals surface area contributed by atoms with E-state index in [0.717, 1.165) is 11.1 Å². The van der Waals surface area contributed by atoms with Crippen LogP contribution in [0, 0.1) is 0 Å². The van der Waals surface area contributed by atoms with E-state index in [1.54, 1.807) is 24.4 Å². The van der Waals surface area contributed by atoms with Crippen LogP contribution in [-0.4, -0.2) is 25.8 Å². The van der Waals surface area contributed by atoms with Crippen molar-refractivity contribution in [3.63, 3.8) is 0 Å². The van der Waals surface area contributed by atoms with Crippen molar-refractivity contribution in [1.29, 1.82) is 0 Å². The van der Waals surface area contributed by atoms with Crippen LogP contribution in [0.25, 0.3) is 16.9 Å². The summed E-state index contributed by atoms with van der Waals surface area (Å²) in [4.78, 5) is 16.0. The van der Waals surface area contributed by atoms with Crippen LogP contribution in [0.1, 0.15) is 21.6 Å². The second-order valence-corrected chi connectivity index (χ2v) is 5.49. The molecule has 0 saturated carbocycles. The summed E-state index contributed by atoms with van der Waals surface area (Å²) in [7, 11) is 0. The molecule has 0 bridgehead atoms. The number of carbonyl (C=O) groups excluding carboxylic acids is 1. The largest absolute Gasteiger partial charge is 0.493 e. The van der Waals surface area contributed by atoms with Gasteiger partial charge in [-0.15, -0.1) is 0 Å². The number of rotatable bonds is 3. The van der Waals surface area contributed by atoms with Crippen LogP contribution in [0.3, 0.4) is 0 Å². The molecule has 0 saturated heterocycles. The molecule has 0 atom stereocenters. The number of aromatic nitrogens is 3. The van der Waals surface area contributed by atoms with Crippen LogP contribution in [0.2, 0.25) is 0 Å². The Morgan fingerprint density at radius 1 is 1.21 bits per heavy atom. The van der Waals surface area contributed by atoms with Gasteiger partial charge in [-0.2, -0.15) is 9.78 Å². The monoisotopic (exact) mass is 322 g/mol. The first kappa shape index (κ1) is 14.4. The van der Waals surface area contributed by atoms with Crippen molar-refractivity contribution in [3.8, 4) is 22.8 Å². The molecular weight excluding hydrogens is 308 g/mol. The lowest BCUT2D eigenvalue weighted by atomic mass is 10.0. The number of nitrogens with zero attached hydrogens (tertiary/aromatic N) is 3. The molecule has 1 aliphatic heterocycles. The number of aromatic hydroxyl groups is 1. The zero-order valence-electron chi connectivity index (χ0n) is 12.6. The second-order valence-electron chi connectivity index (χ2n) is 5.49. The summed E-state index contributed by atoms with van der Waals surface area (Å²) in [6.45, 7) is 1.07. The summed E-state index contributed by atoms with van der Waals surface area (Å²) < 4.78 is 6.61. The van der Waals surface area contributed by atoms with Gasteiger partial charge in [0.25, 0.3) is 5.91 Å². The Morgan fingerprint density at radius 2 is 2.04 bits per heavy atom. The van der Waals surface area contributed by atoms with Gasteiger partial charge in [0.2, 0.25) is 5.88 Å². The van der Waals surface area contributed by atoms with E-state index in [4.69, 9.17) is 10.5 Å². The zero-order valence-corrected chi connectivity index (χ0v) is 12.6. The molecule has 4 rings (SSSR count). The molecule has 0 fully saturated rings. The number of ether oxygens (including phenoxy) is 1. The minimum absolute atomic E-state index is 0.00276. The highest BCUT2D eigenvalue weighted by atomic mass is 16.5. The van der Waals surface area contributed by atoms with Crippen molar-refractivity contribution in [2.24, 2.45) is 5.73 Å². The molecule has 0 unspecified atom stereocenters. The molecule has 7 heteroatoms. The average Bonchev–Trinajstić information content (AvgIpc) is 3.19. The lowest BCUT2D eigenvalue weighted by Crippen LogP contribution is -2.13. The zero-order chi connectivity index (χ0) is 16.7. The molecule has 0 radical (unpaired) electrons. The minimum Gasteiger partial charge on any atom is -0.493 e. The van der Waals surface area contributed by atoms with Crippen molar-refractivity contribution in [2.45, 2.75) is 13.2 Å². The van der Waals surface area contributed by atoms with Crippen molar-refractivity contribution in [3.05, 3.63) is 59.4 Å². The summed E-state index contributed by atoms with van der Waals surface area (Å²) in [6, 6.07) is 10.8. The third-order valence-electron chi connectivity index (χ3n) is 3.97. The molecule has 24 heavy (non-hydrogen) atoms. The maximum Gasteiger partial charge on any atom is 0.270 e. The Balaban J connectivity index is 1.91. The predicted molar refractivity (Wildman–Crippen MR) is 85.5 cm³/mol. The van der Waals surface area contributed by atoms with Gasteiger partial charge in [0.1, 0.15) is 0 Å². The number of hydrogen-bond donors (Lipinski definition) is 2. The smallest absolute Gasteiger partial charge is 0.270 e.